The zero-order valence-electron chi connectivity index (χ0n) is 14.8. The SMILES string of the molecule is Cc1cc(C(=O)NC(C)(CN)C(C)C)c2cnn(C(C)C)c2n1. The number of pyridine rings is 1. The van der Waals surface area contributed by atoms with Crippen molar-refractivity contribution in [2.75, 3.05) is 6.54 Å². The van der Waals surface area contributed by atoms with Crippen molar-refractivity contribution in [3.63, 3.8) is 0 Å². The average Bonchev–Trinajstić information content (AvgIpc) is 2.89. The van der Waals surface area contributed by atoms with Crippen molar-refractivity contribution in [1.82, 2.24) is 20.1 Å². The largest absolute Gasteiger partial charge is 0.345 e. The summed E-state index contributed by atoms with van der Waals surface area (Å²) < 4.78 is 1.84. The van der Waals surface area contributed by atoms with Gasteiger partial charge < -0.3 is 11.1 Å². The van der Waals surface area contributed by atoms with Crippen LogP contribution in [0.3, 0.4) is 0 Å². The van der Waals surface area contributed by atoms with Crippen molar-refractivity contribution < 1.29 is 4.79 Å². The van der Waals surface area contributed by atoms with E-state index < -0.39 is 5.54 Å². The smallest absolute Gasteiger partial charge is 0.252 e. The summed E-state index contributed by atoms with van der Waals surface area (Å²) in [6, 6.07) is 1.99. The minimum absolute atomic E-state index is 0.134. The standard InChI is InChI=1S/C17H27N5O/c1-10(2)17(6,9-18)21-16(23)13-7-12(5)20-15-14(13)8-19-22(15)11(3)4/h7-8,10-11H,9,18H2,1-6H3,(H,21,23). The van der Waals surface area contributed by atoms with Crippen LogP contribution in [0.5, 0.6) is 0 Å². The number of nitrogens with zero attached hydrogens (tertiary/aromatic N) is 3. The Balaban J connectivity index is 2.49. The molecule has 6 heteroatoms. The molecule has 2 heterocycles. The normalized spacial score (nSPS) is 14.5. The number of carbonyl (C=O) groups excluding carboxylic acids is 1. The molecular formula is C17H27N5O. The number of aromatic nitrogens is 3. The van der Waals surface area contributed by atoms with Crippen LogP contribution in [0.15, 0.2) is 12.3 Å². The molecule has 126 valence electrons. The van der Waals surface area contributed by atoms with Gasteiger partial charge in [-0.25, -0.2) is 9.67 Å². The number of fused-ring (bicyclic) bond motifs is 1. The summed E-state index contributed by atoms with van der Waals surface area (Å²) in [6.45, 7) is 12.4. The summed E-state index contributed by atoms with van der Waals surface area (Å²) >= 11 is 0. The van der Waals surface area contributed by atoms with Crippen LogP contribution in [0.2, 0.25) is 0 Å². The molecule has 6 nitrogen and oxygen atoms in total. The molecule has 0 bridgehead atoms. The van der Waals surface area contributed by atoms with Gasteiger partial charge in [-0.3, -0.25) is 4.79 Å². The minimum atomic E-state index is -0.450. The van der Waals surface area contributed by atoms with Crippen molar-refractivity contribution in [2.24, 2.45) is 11.7 Å². The van der Waals surface area contributed by atoms with Crippen LogP contribution >= 0.6 is 0 Å². The first kappa shape index (κ1) is 17.4. The molecule has 0 radical (unpaired) electrons. The Kier molecular flexibility index (Phi) is 4.75. The number of amides is 1. The van der Waals surface area contributed by atoms with E-state index >= 15 is 0 Å². The minimum Gasteiger partial charge on any atom is -0.345 e. The van der Waals surface area contributed by atoms with E-state index in [1.807, 2.05) is 32.4 Å². The number of hydrogen-bond donors (Lipinski definition) is 2. The molecule has 1 amide bonds. The molecule has 2 aromatic heterocycles. The molecule has 0 saturated carbocycles. The molecule has 0 spiro atoms. The Morgan fingerprint density at radius 2 is 2.04 bits per heavy atom. The maximum atomic E-state index is 12.8. The lowest BCUT2D eigenvalue weighted by molar-refractivity contribution is 0.0885. The second-order valence-electron chi connectivity index (χ2n) is 6.96. The van der Waals surface area contributed by atoms with Crippen LogP contribution in [-0.4, -0.2) is 32.8 Å². The molecule has 2 rings (SSSR count). The number of nitrogens with two attached hydrogens (primary N) is 1. The lowest BCUT2D eigenvalue weighted by atomic mass is 9.88. The van der Waals surface area contributed by atoms with Crippen LogP contribution in [0.1, 0.15) is 56.7 Å². The summed E-state index contributed by atoms with van der Waals surface area (Å²) in [5.41, 5.74) is 7.56. The lowest BCUT2D eigenvalue weighted by Crippen LogP contribution is -2.55. The highest BCUT2D eigenvalue weighted by atomic mass is 16.1. The Labute approximate surface area is 137 Å². The van der Waals surface area contributed by atoms with Gasteiger partial charge >= 0.3 is 0 Å². The first-order chi connectivity index (χ1) is 10.7. The van der Waals surface area contributed by atoms with Gasteiger partial charge in [0.25, 0.3) is 5.91 Å². The van der Waals surface area contributed by atoms with E-state index in [1.54, 1.807) is 12.3 Å². The molecule has 0 aromatic carbocycles. The monoisotopic (exact) mass is 317 g/mol. The molecular weight excluding hydrogens is 290 g/mol. The van der Waals surface area contributed by atoms with Crippen LogP contribution < -0.4 is 11.1 Å². The van der Waals surface area contributed by atoms with Gasteiger partial charge in [0.05, 0.1) is 22.7 Å². The second kappa shape index (κ2) is 6.28. The van der Waals surface area contributed by atoms with Crippen LogP contribution in [0.4, 0.5) is 0 Å². The summed E-state index contributed by atoms with van der Waals surface area (Å²) in [5, 5.41) is 8.24. The fraction of sp³-hybridized carbons (Fsp3) is 0.588. The highest BCUT2D eigenvalue weighted by molar-refractivity contribution is 6.05. The molecule has 2 aromatic rings. The summed E-state index contributed by atoms with van der Waals surface area (Å²) in [6.07, 6.45) is 1.71. The Morgan fingerprint density at radius 1 is 1.39 bits per heavy atom. The lowest BCUT2D eigenvalue weighted by Gasteiger charge is -2.33. The summed E-state index contributed by atoms with van der Waals surface area (Å²) in [4.78, 5) is 17.4. The molecule has 0 fully saturated rings. The van der Waals surface area contributed by atoms with Crippen molar-refractivity contribution in [3.05, 3.63) is 23.5 Å². The number of aryl methyl sites for hydroxylation is 1. The number of hydrogen-bond acceptors (Lipinski definition) is 4. The Hall–Kier alpha value is -1.95. The molecule has 0 aliphatic rings. The molecule has 1 unspecified atom stereocenters. The third-order valence-corrected chi connectivity index (χ3v) is 4.53. The zero-order valence-corrected chi connectivity index (χ0v) is 14.8. The number of rotatable bonds is 5. The zero-order chi connectivity index (χ0) is 17.4. The van der Waals surface area contributed by atoms with E-state index in [4.69, 9.17) is 5.73 Å². The van der Waals surface area contributed by atoms with Gasteiger partial charge in [-0.15, -0.1) is 0 Å². The summed E-state index contributed by atoms with van der Waals surface area (Å²) in [5.74, 6) is 0.0960. The van der Waals surface area contributed by atoms with Gasteiger partial charge in [-0.2, -0.15) is 5.10 Å². The van der Waals surface area contributed by atoms with E-state index in [9.17, 15) is 4.79 Å². The predicted molar refractivity (Wildman–Crippen MR) is 92.4 cm³/mol. The molecule has 0 aliphatic heterocycles. The molecule has 0 saturated heterocycles. The van der Waals surface area contributed by atoms with Crippen molar-refractivity contribution >= 4 is 16.9 Å². The van der Waals surface area contributed by atoms with E-state index in [-0.39, 0.29) is 17.9 Å². The summed E-state index contributed by atoms with van der Waals surface area (Å²) in [7, 11) is 0. The maximum Gasteiger partial charge on any atom is 0.252 e. The Morgan fingerprint density at radius 3 is 2.57 bits per heavy atom. The second-order valence-corrected chi connectivity index (χ2v) is 6.96. The number of carbonyl (C=O) groups is 1. The van der Waals surface area contributed by atoms with Gasteiger partial charge in [0.2, 0.25) is 0 Å². The van der Waals surface area contributed by atoms with E-state index in [0.717, 1.165) is 16.7 Å². The number of nitrogens with one attached hydrogen (secondary N) is 1. The fourth-order valence-electron chi connectivity index (χ4n) is 2.47. The highest BCUT2D eigenvalue weighted by Crippen LogP contribution is 2.22. The van der Waals surface area contributed by atoms with Crippen molar-refractivity contribution in [2.45, 2.75) is 53.1 Å². The van der Waals surface area contributed by atoms with Gasteiger partial charge in [-0.05, 0) is 39.7 Å². The van der Waals surface area contributed by atoms with Gasteiger partial charge in [0.1, 0.15) is 0 Å². The van der Waals surface area contributed by atoms with E-state index in [1.165, 1.54) is 0 Å². The first-order valence-electron chi connectivity index (χ1n) is 8.07. The van der Waals surface area contributed by atoms with Crippen molar-refractivity contribution in [1.29, 1.82) is 0 Å². The first-order valence-corrected chi connectivity index (χ1v) is 8.07. The van der Waals surface area contributed by atoms with Gasteiger partial charge in [0, 0.05) is 18.3 Å². The van der Waals surface area contributed by atoms with E-state index in [0.29, 0.717) is 12.1 Å². The van der Waals surface area contributed by atoms with Crippen LogP contribution in [-0.2, 0) is 0 Å². The predicted octanol–water partition coefficient (Wildman–Crippen LogP) is 2.42. The third-order valence-electron chi connectivity index (χ3n) is 4.53. The third kappa shape index (κ3) is 3.22. The highest BCUT2D eigenvalue weighted by Gasteiger charge is 2.30. The molecule has 23 heavy (non-hydrogen) atoms. The Bertz CT molecular complexity index is 719. The van der Waals surface area contributed by atoms with Crippen LogP contribution in [0.25, 0.3) is 11.0 Å². The quantitative estimate of drug-likeness (QED) is 0.887. The van der Waals surface area contributed by atoms with Gasteiger partial charge in [-0.1, -0.05) is 13.8 Å². The average molecular weight is 317 g/mol. The molecule has 1 atom stereocenters. The fourth-order valence-corrected chi connectivity index (χ4v) is 2.47. The maximum absolute atomic E-state index is 12.8. The topological polar surface area (TPSA) is 85.8 Å². The molecule has 3 N–H and O–H groups in total. The van der Waals surface area contributed by atoms with E-state index in [2.05, 4.69) is 29.2 Å². The molecule has 0 aliphatic carbocycles. The van der Waals surface area contributed by atoms with Crippen LogP contribution in [0, 0.1) is 12.8 Å². The van der Waals surface area contributed by atoms with Crippen molar-refractivity contribution in [3.8, 4) is 0 Å². The van der Waals surface area contributed by atoms with Gasteiger partial charge in [0.15, 0.2) is 5.65 Å².